The summed E-state index contributed by atoms with van der Waals surface area (Å²) in [5.74, 6) is 0.640. The summed E-state index contributed by atoms with van der Waals surface area (Å²) in [5.41, 5.74) is 0.480. The fourth-order valence-electron chi connectivity index (χ4n) is 2.54. The quantitative estimate of drug-likeness (QED) is 0.920. The van der Waals surface area contributed by atoms with Crippen molar-refractivity contribution in [1.82, 2.24) is 25.1 Å². The SMILES string of the molecule is O=C(c1ccncc1Cl)N1CCCC[C@H]1c1ncn[nH]1. The van der Waals surface area contributed by atoms with Crippen molar-refractivity contribution < 1.29 is 4.79 Å². The van der Waals surface area contributed by atoms with Crippen LogP contribution in [0, 0.1) is 0 Å². The van der Waals surface area contributed by atoms with Gasteiger partial charge >= 0.3 is 0 Å². The van der Waals surface area contributed by atoms with E-state index in [1.807, 2.05) is 4.90 Å². The van der Waals surface area contributed by atoms with Crippen LogP contribution in [-0.2, 0) is 0 Å². The highest BCUT2D eigenvalue weighted by molar-refractivity contribution is 6.33. The Morgan fingerprint density at radius 2 is 2.35 bits per heavy atom. The second kappa shape index (κ2) is 5.58. The van der Waals surface area contributed by atoms with Crippen LogP contribution >= 0.6 is 11.6 Å². The fraction of sp³-hybridized carbons (Fsp3) is 0.385. The van der Waals surface area contributed by atoms with Crippen LogP contribution < -0.4 is 0 Å². The molecule has 1 saturated heterocycles. The summed E-state index contributed by atoms with van der Waals surface area (Å²) in [6, 6.07) is 1.58. The van der Waals surface area contributed by atoms with Crippen LogP contribution in [-0.4, -0.2) is 37.5 Å². The number of aromatic amines is 1. The molecule has 104 valence electrons. The molecular weight excluding hydrogens is 278 g/mol. The van der Waals surface area contributed by atoms with Gasteiger partial charge in [-0.3, -0.25) is 14.9 Å². The monoisotopic (exact) mass is 291 g/mol. The third-order valence-corrected chi connectivity index (χ3v) is 3.82. The van der Waals surface area contributed by atoms with E-state index < -0.39 is 0 Å². The minimum Gasteiger partial charge on any atom is -0.328 e. The Balaban J connectivity index is 1.90. The highest BCUT2D eigenvalue weighted by atomic mass is 35.5. The molecule has 1 atom stereocenters. The van der Waals surface area contributed by atoms with Crippen LogP contribution in [0.25, 0.3) is 0 Å². The molecule has 2 aromatic rings. The zero-order valence-corrected chi connectivity index (χ0v) is 11.5. The number of likely N-dealkylation sites (tertiary alicyclic amines) is 1. The second-order valence-electron chi connectivity index (χ2n) is 4.74. The zero-order valence-electron chi connectivity index (χ0n) is 10.8. The summed E-state index contributed by atoms with van der Waals surface area (Å²) in [4.78, 5) is 22.6. The number of rotatable bonds is 2. The van der Waals surface area contributed by atoms with E-state index in [1.165, 1.54) is 12.5 Å². The molecule has 1 N–H and O–H groups in total. The van der Waals surface area contributed by atoms with Crippen LogP contribution in [0.3, 0.4) is 0 Å². The minimum absolute atomic E-state index is 0.0667. The van der Waals surface area contributed by atoms with Gasteiger partial charge in [0.05, 0.1) is 16.6 Å². The van der Waals surface area contributed by atoms with E-state index in [-0.39, 0.29) is 11.9 Å². The number of halogens is 1. The van der Waals surface area contributed by atoms with Gasteiger partial charge in [0.2, 0.25) is 0 Å². The lowest BCUT2D eigenvalue weighted by Gasteiger charge is -2.34. The largest absolute Gasteiger partial charge is 0.328 e. The number of hydrogen-bond donors (Lipinski definition) is 1. The number of nitrogens with one attached hydrogen (secondary N) is 1. The normalized spacial score (nSPS) is 19.1. The van der Waals surface area contributed by atoms with Crippen molar-refractivity contribution in [3.05, 3.63) is 41.2 Å². The predicted octanol–water partition coefficient (Wildman–Crippen LogP) is 2.22. The van der Waals surface area contributed by atoms with Gasteiger partial charge in [0, 0.05) is 18.9 Å². The summed E-state index contributed by atoms with van der Waals surface area (Å²) >= 11 is 6.07. The Morgan fingerprint density at radius 1 is 1.45 bits per heavy atom. The van der Waals surface area contributed by atoms with Crippen molar-refractivity contribution in [2.24, 2.45) is 0 Å². The van der Waals surface area contributed by atoms with Crippen molar-refractivity contribution in [2.75, 3.05) is 6.54 Å². The Labute approximate surface area is 121 Å². The predicted molar refractivity (Wildman–Crippen MR) is 73.3 cm³/mol. The molecule has 7 heteroatoms. The molecular formula is C13H14ClN5O. The first kappa shape index (κ1) is 13.1. The Kier molecular flexibility index (Phi) is 3.64. The van der Waals surface area contributed by atoms with Gasteiger partial charge in [0.15, 0.2) is 0 Å². The van der Waals surface area contributed by atoms with Gasteiger partial charge in [-0.15, -0.1) is 0 Å². The standard InChI is InChI=1S/C13H14ClN5O/c14-10-7-15-5-4-9(10)13(20)19-6-2-1-3-11(19)12-16-8-17-18-12/h4-5,7-8,11H,1-3,6H2,(H,16,17,18)/t11-/m0/s1. The smallest absolute Gasteiger partial charge is 0.256 e. The Bertz CT molecular complexity index is 601. The topological polar surface area (TPSA) is 74.8 Å². The molecule has 1 fully saturated rings. The number of pyridine rings is 1. The molecule has 0 spiro atoms. The maximum absolute atomic E-state index is 12.7. The van der Waals surface area contributed by atoms with E-state index in [1.54, 1.807) is 12.3 Å². The molecule has 0 aromatic carbocycles. The molecule has 0 radical (unpaired) electrons. The fourth-order valence-corrected chi connectivity index (χ4v) is 2.74. The number of piperidine rings is 1. The van der Waals surface area contributed by atoms with Crippen molar-refractivity contribution in [3.63, 3.8) is 0 Å². The molecule has 2 aromatic heterocycles. The van der Waals surface area contributed by atoms with Gasteiger partial charge in [0.1, 0.15) is 12.2 Å². The zero-order chi connectivity index (χ0) is 13.9. The van der Waals surface area contributed by atoms with E-state index >= 15 is 0 Å². The van der Waals surface area contributed by atoms with Crippen LogP contribution in [0.15, 0.2) is 24.8 Å². The number of carbonyl (C=O) groups is 1. The first-order valence-corrected chi connectivity index (χ1v) is 6.91. The summed E-state index contributed by atoms with van der Waals surface area (Å²) in [5, 5.41) is 7.10. The second-order valence-corrected chi connectivity index (χ2v) is 5.14. The molecule has 0 unspecified atom stereocenters. The average molecular weight is 292 g/mol. The van der Waals surface area contributed by atoms with Crippen LogP contribution in [0.4, 0.5) is 0 Å². The van der Waals surface area contributed by atoms with Crippen LogP contribution in [0.2, 0.25) is 5.02 Å². The lowest BCUT2D eigenvalue weighted by molar-refractivity contribution is 0.0600. The number of carbonyl (C=O) groups excluding carboxylic acids is 1. The number of H-pyrrole nitrogens is 1. The molecule has 3 heterocycles. The van der Waals surface area contributed by atoms with Crippen LogP contribution in [0.5, 0.6) is 0 Å². The molecule has 0 saturated carbocycles. The van der Waals surface area contributed by atoms with E-state index in [0.717, 1.165) is 25.1 Å². The third-order valence-electron chi connectivity index (χ3n) is 3.52. The maximum Gasteiger partial charge on any atom is 0.256 e. The molecule has 0 aliphatic carbocycles. The van der Waals surface area contributed by atoms with Gasteiger partial charge in [-0.05, 0) is 25.3 Å². The highest BCUT2D eigenvalue weighted by Crippen LogP contribution is 2.30. The first-order valence-electron chi connectivity index (χ1n) is 6.53. The first-order chi connectivity index (χ1) is 9.77. The average Bonchev–Trinajstić information content (AvgIpc) is 3.01. The number of hydrogen-bond acceptors (Lipinski definition) is 4. The lowest BCUT2D eigenvalue weighted by Crippen LogP contribution is -2.39. The van der Waals surface area contributed by atoms with E-state index in [2.05, 4.69) is 20.2 Å². The Morgan fingerprint density at radius 3 is 3.10 bits per heavy atom. The molecule has 0 bridgehead atoms. The van der Waals surface area contributed by atoms with Gasteiger partial charge in [-0.25, -0.2) is 4.98 Å². The molecule has 3 rings (SSSR count). The van der Waals surface area contributed by atoms with Gasteiger partial charge < -0.3 is 4.90 Å². The van der Waals surface area contributed by atoms with Gasteiger partial charge in [-0.2, -0.15) is 5.10 Å². The van der Waals surface area contributed by atoms with Crippen molar-refractivity contribution in [2.45, 2.75) is 25.3 Å². The van der Waals surface area contributed by atoms with Crippen molar-refractivity contribution in [3.8, 4) is 0 Å². The minimum atomic E-state index is -0.0847. The van der Waals surface area contributed by atoms with E-state index in [0.29, 0.717) is 17.1 Å². The third kappa shape index (κ3) is 2.38. The number of aromatic nitrogens is 4. The molecule has 1 aliphatic rings. The summed E-state index contributed by atoms with van der Waals surface area (Å²) in [6.45, 7) is 0.697. The molecule has 1 amide bonds. The van der Waals surface area contributed by atoms with Crippen molar-refractivity contribution in [1.29, 1.82) is 0 Å². The van der Waals surface area contributed by atoms with Crippen molar-refractivity contribution >= 4 is 17.5 Å². The Hall–Kier alpha value is -1.95. The maximum atomic E-state index is 12.7. The van der Waals surface area contributed by atoms with E-state index in [4.69, 9.17) is 11.6 Å². The van der Waals surface area contributed by atoms with Gasteiger partial charge in [-0.1, -0.05) is 11.6 Å². The lowest BCUT2D eigenvalue weighted by atomic mass is 10.0. The number of amides is 1. The summed E-state index contributed by atoms with van der Waals surface area (Å²) < 4.78 is 0. The molecule has 6 nitrogen and oxygen atoms in total. The summed E-state index contributed by atoms with van der Waals surface area (Å²) in [7, 11) is 0. The molecule has 20 heavy (non-hydrogen) atoms. The highest BCUT2D eigenvalue weighted by Gasteiger charge is 2.31. The van der Waals surface area contributed by atoms with E-state index in [9.17, 15) is 4.79 Å². The molecule has 1 aliphatic heterocycles. The van der Waals surface area contributed by atoms with Gasteiger partial charge in [0.25, 0.3) is 5.91 Å². The van der Waals surface area contributed by atoms with Crippen LogP contribution in [0.1, 0.15) is 41.5 Å². The number of nitrogens with zero attached hydrogens (tertiary/aromatic N) is 4. The summed E-state index contributed by atoms with van der Waals surface area (Å²) in [6.07, 6.45) is 7.46.